The van der Waals surface area contributed by atoms with E-state index < -0.39 is 41.9 Å². The van der Waals surface area contributed by atoms with E-state index in [0.717, 1.165) is 6.08 Å². The molecule has 0 aromatic heterocycles. The van der Waals surface area contributed by atoms with Crippen molar-refractivity contribution in [3.63, 3.8) is 0 Å². The quantitative estimate of drug-likeness (QED) is 0.0274. The maximum Gasteiger partial charge on any atom is 0.330 e. The smallest absolute Gasteiger partial charge is 0.330 e. The number of carbonyl (C=O) groups is 3. The van der Waals surface area contributed by atoms with Crippen LogP contribution in [0.15, 0.2) is 72.8 Å². The molecular formula is C36H43ClN2O13. The predicted octanol–water partition coefficient (Wildman–Crippen LogP) is 3.61. The summed E-state index contributed by atoms with van der Waals surface area (Å²) in [5.41, 5.74) is 0.512. The van der Waals surface area contributed by atoms with Gasteiger partial charge >= 0.3 is 11.9 Å². The molecular weight excluding hydrogens is 704 g/mol. The van der Waals surface area contributed by atoms with E-state index in [-0.39, 0.29) is 61.8 Å². The molecule has 4 N–H and O–H groups in total. The number of amides is 1. The topological polar surface area (TPSA) is 213 Å². The van der Waals surface area contributed by atoms with Crippen molar-refractivity contribution >= 4 is 35.5 Å². The molecule has 5 atom stereocenters. The van der Waals surface area contributed by atoms with Crippen LogP contribution in [0.4, 0.5) is 0 Å². The predicted molar refractivity (Wildman–Crippen MR) is 188 cm³/mol. The second-order valence-corrected chi connectivity index (χ2v) is 12.1. The third kappa shape index (κ3) is 15.1. The van der Waals surface area contributed by atoms with Crippen LogP contribution in [0, 0.1) is 22.0 Å². The second-order valence-electron chi connectivity index (χ2n) is 11.7. The minimum atomic E-state index is -0.993. The molecule has 0 radical (unpaired) electrons. The van der Waals surface area contributed by atoms with Gasteiger partial charge in [0.2, 0.25) is 5.91 Å². The minimum absolute atomic E-state index is 0.00219. The molecule has 0 spiro atoms. The Labute approximate surface area is 305 Å². The first-order chi connectivity index (χ1) is 24.9. The number of halogens is 1. The third-order valence-corrected chi connectivity index (χ3v) is 8.05. The van der Waals surface area contributed by atoms with E-state index in [2.05, 4.69) is 10.2 Å². The molecule has 0 heterocycles. The monoisotopic (exact) mass is 746 g/mol. The maximum atomic E-state index is 12.4. The molecule has 0 unspecified atom stereocenters. The first kappa shape index (κ1) is 41.5. The van der Waals surface area contributed by atoms with Crippen LogP contribution in [0.3, 0.4) is 0 Å². The van der Waals surface area contributed by atoms with Gasteiger partial charge in [0.25, 0.3) is 5.09 Å². The third-order valence-electron chi connectivity index (χ3n) is 7.82. The highest BCUT2D eigenvalue weighted by Gasteiger charge is 2.39. The van der Waals surface area contributed by atoms with Gasteiger partial charge in [0.05, 0.1) is 19.3 Å². The van der Waals surface area contributed by atoms with Gasteiger partial charge in [0.1, 0.15) is 38.2 Å². The van der Waals surface area contributed by atoms with Crippen molar-refractivity contribution < 1.29 is 58.6 Å². The Morgan fingerprint density at radius 1 is 1.10 bits per heavy atom. The fourth-order valence-corrected chi connectivity index (χ4v) is 5.45. The summed E-state index contributed by atoms with van der Waals surface area (Å²) in [6, 6.07) is 11.3. The molecule has 282 valence electrons. The fourth-order valence-electron chi connectivity index (χ4n) is 5.27. The number of ether oxygens (including phenoxy) is 4. The lowest BCUT2D eigenvalue weighted by Crippen LogP contribution is -2.31. The highest BCUT2D eigenvalue weighted by Crippen LogP contribution is 2.36. The highest BCUT2D eigenvalue weighted by molar-refractivity contribution is 6.30. The Bertz CT molecular complexity index is 1580. The van der Waals surface area contributed by atoms with Crippen LogP contribution in [0.25, 0.3) is 6.08 Å². The number of carbonyl (C=O) groups excluding carboxylic acids is 3. The lowest BCUT2D eigenvalue weighted by molar-refractivity contribution is -0.757. The number of allylic oxidation sites excluding steroid dienone is 2. The number of aliphatic hydroxyl groups is 3. The van der Waals surface area contributed by atoms with Gasteiger partial charge in [-0.05, 0) is 67.2 Å². The van der Waals surface area contributed by atoms with Gasteiger partial charge in [-0.15, -0.1) is 10.1 Å². The van der Waals surface area contributed by atoms with Crippen LogP contribution in [-0.4, -0.2) is 90.0 Å². The molecule has 52 heavy (non-hydrogen) atoms. The summed E-state index contributed by atoms with van der Waals surface area (Å²) in [6.45, 7) is -1.06. The summed E-state index contributed by atoms with van der Waals surface area (Å²) in [7, 11) is 1.36. The maximum absolute atomic E-state index is 12.4. The normalized spacial score (nSPS) is 19.1. The van der Waals surface area contributed by atoms with Crippen molar-refractivity contribution in [3.8, 4) is 17.2 Å². The number of hydrogen-bond acceptors (Lipinski definition) is 13. The van der Waals surface area contributed by atoms with Crippen LogP contribution >= 0.6 is 11.6 Å². The number of aliphatic hydroxyl groups excluding tert-OH is 3. The van der Waals surface area contributed by atoms with Gasteiger partial charge in [0.15, 0.2) is 11.5 Å². The molecule has 1 fully saturated rings. The first-order valence-electron chi connectivity index (χ1n) is 16.5. The Balaban J connectivity index is 1.34. The molecule has 1 aliphatic carbocycles. The summed E-state index contributed by atoms with van der Waals surface area (Å²) >= 11 is 5.95. The average Bonchev–Trinajstić information content (AvgIpc) is 3.38. The second kappa shape index (κ2) is 22.1. The van der Waals surface area contributed by atoms with Crippen molar-refractivity contribution in [3.05, 3.63) is 93.5 Å². The van der Waals surface area contributed by atoms with Crippen LogP contribution in [0.2, 0.25) is 5.02 Å². The average molecular weight is 747 g/mol. The first-order valence-corrected chi connectivity index (χ1v) is 16.9. The SMILES string of the molecule is COc1cc(C=CC(=O)OCCO[N+](=O)[O-])ccc1OC(=O)CNC(=O)CCCC=CC[C@@H]1[C@@H](C=C[C@@H](O)COc2cccc(Cl)c2)[C@H](O)C[C@@H]1O. The Kier molecular flexibility index (Phi) is 17.6. The van der Waals surface area contributed by atoms with E-state index in [1.807, 2.05) is 12.2 Å². The standard InChI is InChI=1S/C36H43ClN2O13/c1-48-33-19-24(12-16-35(44)49-17-18-51-39(46)47)11-15-32(33)52-36(45)22-38-34(43)10-5-3-2-4-9-28-29(31(42)21-30(28)41)14-13-26(40)23-50-27-8-6-7-25(37)20-27/h2,4,6-8,11-16,19-20,26,28-31,40-42H,3,5,9-10,17-18,21-23H2,1H3,(H,38,43)/t26-,28-,29-,30+,31-/m1/s1. The zero-order valence-corrected chi connectivity index (χ0v) is 29.3. The number of unbranched alkanes of at least 4 members (excludes halogenated alkanes) is 1. The van der Waals surface area contributed by atoms with E-state index >= 15 is 0 Å². The molecule has 0 aliphatic heterocycles. The Morgan fingerprint density at radius 2 is 1.90 bits per heavy atom. The molecule has 1 saturated carbocycles. The molecule has 0 saturated heterocycles. The molecule has 15 nitrogen and oxygen atoms in total. The highest BCUT2D eigenvalue weighted by atomic mass is 35.5. The van der Waals surface area contributed by atoms with Gasteiger partial charge in [-0.3, -0.25) is 4.79 Å². The van der Waals surface area contributed by atoms with Crippen LogP contribution in [0.1, 0.15) is 37.7 Å². The van der Waals surface area contributed by atoms with E-state index in [0.29, 0.717) is 35.6 Å². The largest absolute Gasteiger partial charge is 0.493 e. The van der Waals surface area contributed by atoms with Gasteiger partial charge < -0.3 is 44.4 Å². The van der Waals surface area contributed by atoms with E-state index in [9.17, 15) is 39.8 Å². The Hall–Kier alpha value is -4.96. The number of esters is 2. The van der Waals surface area contributed by atoms with Crippen molar-refractivity contribution in [2.75, 3.05) is 33.5 Å². The number of nitrogens with zero attached hydrogens (tertiary/aromatic N) is 1. The van der Waals surface area contributed by atoms with Gasteiger partial charge in [-0.1, -0.05) is 48.0 Å². The van der Waals surface area contributed by atoms with Gasteiger partial charge in [0, 0.05) is 29.9 Å². The number of benzene rings is 2. The van der Waals surface area contributed by atoms with E-state index in [4.69, 9.17) is 30.5 Å². The van der Waals surface area contributed by atoms with Crippen LogP contribution in [-0.2, 0) is 24.0 Å². The molecule has 16 heteroatoms. The van der Waals surface area contributed by atoms with E-state index in [1.165, 1.54) is 25.3 Å². The van der Waals surface area contributed by atoms with Crippen molar-refractivity contribution in [2.45, 2.75) is 50.4 Å². The van der Waals surface area contributed by atoms with Gasteiger partial charge in [-0.25, -0.2) is 9.59 Å². The summed E-state index contributed by atoms with van der Waals surface area (Å²) in [5.74, 6) is -1.59. The number of methoxy groups -OCH3 is 1. The summed E-state index contributed by atoms with van der Waals surface area (Å²) < 4.78 is 20.9. The summed E-state index contributed by atoms with van der Waals surface area (Å²) in [5, 5.41) is 43.5. The molecule has 0 bridgehead atoms. The molecule has 1 aliphatic rings. The fraction of sp³-hybridized carbons (Fsp3) is 0.417. The summed E-state index contributed by atoms with van der Waals surface area (Å²) in [6.07, 6.45) is 9.20. The van der Waals surface area contributed by atoms with Crippen molar-refractivity contribution in [1.82, 2.24) is 5.32 Å². The van der Waals surface area contributed by atoms with Crippen molar-refractivity contribution in [1.29, 1.82) is 0 Å². The molecule has 1 amide bonds. The zero-order chi connectivity index (χ0) is 37.9. The molecule has 2 aromatic carbocycles. The lowest BCUT2D eigenvalue weighted by Gasteiger charge is -2.19. The number of rotatable bonds is 21. The van der Waals surface area contributed by atoms with E-state index in [1.54, 1.807) is 42.5 Å². The van der Waals surface area contributed by atoms with Crippen molar-refractivity contribution in [2.24, 2.45) is 11.8 Å². The molecule has 2 aromatic rings. The zero-order valence-electron chi connectivity index (χ0n) is 28.5. The van der Waals surface area contributed by atoms with Gasteiger partial charge in [-0.2, -0.15) is 0 Å². The number of hydrogen-bond donors (Lipinski definition) is 4. The minimum Gasteiger partial charge on any atom is -0.493 e. The van der Waals surface area contributed by atoms with Crippen LogP contribution in [0.5, 0.6) is 17.2 Å². The Morgan fingerprint density at radius 3 is 2.65 bits per heavy atom. The molecule has 3 rings (SSSR count). The summed E-state index contributed by atoms with van der Waals surface area (Å²) in [4.78, 5) is 50.5. The van der Waals surface area contributed by atoms with Crippen LogP contribution < -0.4 is 19.5 Å². The number of nitrogens with one attached hydrogen (secondary N) is 1. The lowest BCUT2D eigenvalue weighted by atomic mass is 9.89.